The molecule has 0 aliphatic rings. The predicted molar refractivity (Wildman–Crippen MR) is 85.0 cm³/mol. The number of hydrogen-bond donors (Lipinski definition) is 2. The number of carbonyl (C=O) groups excluding carboxylic acids is 1. The van der Waals surface area contributed by atoms with Crippen LogP contribution in [0.25, 0.3) is 0 Å². The number of amides is 1. The summed E-state index contributed by atoms with van der Waals surface area (Å²) in [5.41, 5.74) is 7.44. The van der Waals surface area contributed by atoms with Gasteiger partial charge in [-0.1, -0.05) is 46.9 Å². The van der Waals surface area contributed by atoms with Crippen LogP contribution < -0.4 is 11.1 Å². The number of rotatable bonds is 2. The number of benzene rings is 2. The summed E-state index contributed by atoms with van der Waals surface area (Å²) in [6.07, 6.45) is 0. The third-order valence-electron chi connectivity index (χ3n) is 2.80. The molecule has 3 N–H and O–H groups in total. The van der Waals surface area contributed by atoms with Gasteiger partial charge in [0.05, 0.1) is 32.0 Å². The third-order valence-corrected chi connectivity index (χ3v) is 4.02. The Bertz CT molecular complexity index is 686. The first kappa shape index (κ1) is 15.0. The van der Waals surface area contributed by atoms with Crippen LogP contribution in [0.4, 0.5) is 11.4 Å². The molecule has 0 spiro atoms. The van der Waals surface area contributed by atoms with Crippen LogP contribution >= 0.6 is 34.8 Å². The summed E-state index contributed by atoms with van der Waals surface area (Å²) in [5, 5.41) is 3.61. The van der Waals surface area contributed by atoms with Crippen LogP contribution in [0.15, 0.2) is 30.3 Å². The highest BCUT2D eigenvalue weighted by Crippen LogP contribution is 2.34. The molecular weight excluding hydrogens is 319 g/mol. The Morgan fingerprint density at radius 1 is 1.10 bits per heavy atom. The van der Waals surface area contributed by atoms with Gasteiger partial charge in [0.2, 0.25) is 0 Å². The Balaban J connectivity index is 2.38. The van der Waals surface area contributed by atoms with E-state index in [1.807, 2.05) is 6.92 Å². The fourth-order valence-electron chi connectivity index (χ4n) is 1.68. The summed E-state index contributed by atoms with van der Waals surface area (Å²) < 4.78 is 0. The molecule has 3 nitrogen and oxygen atoms in total. The fraction of sp³-hybridized carbons (Fsp3) is 0.0714. The number of halogens is 3. The third kappa shape index (κ3) is 2.85. The van der Waals surface area contributed by atoms with Crippen molar-refractivity contribution in [2.75, 3.05) is 11.1 Å². The molecule has 0 unspecified atom stereocenters. The maximum Gasteiger partial charge on any atom is 0.257 e. The van der Waals surface area contributed by atoms with E-state index in [0.29, 0.717) is 21.4 Å². The zero-order chi connectivity index (χ0) is 14.9. The SMILES string of the molecule is Cc1ccc(Cl)c(NC(=O)c2cccc(N)c2Cl)c1Cl. The summed E-state index contributed by atoms with van der Waals surface area (Å²) in [6.45, 7) is 1.82. The fourth-order valence-corrected chi connectivity index (χ4v) is 2.35. The molecule has 6 heteroatoms. The van der Waals surface area contributed by atoms with Crippen molar-refractivity contribution in [2.24, 2.45) is 0 Å². The van der Waals surface area contributed by atoms with Gasteiger partial charge in [-0.25, -0.2) is 0 Å². The van der Waals surface area contributed by atoms with Crippen molar-refractivity contribution in [1.29, 1.82) is 0 Å². The van der Waals surface area contributed by atoms with E-state index in [0.717, 1.165) is 5.56 Å². The Kier molecular flexibility index (Phi) is 4.43. The van der Waals surface area contributed by atoms with Gasteiger partial charge in [0.15, 0.2) is 0 Å². The van der Waals surface area contributed by atoms with E-state index in [1.165, 1.54) is 0 Å². The highest BCUT2D eigenvalue weighted by atomic mass is 35.5. The number of anilines is 2. The molecule has 0 aliphatic heterocycles. The van der Waals surface area contributed by atoms with Crippen molar-refractivity contribution in [1.82, 2.24) is 0 Å². The molecule has 2 aromatic carbocycles. The average molecular weight is 330 g/mol. The summed E-state index contributed by atoms with van der Waals surface area (Å²) in [4.78, 5) is 12.2. The van der Waals surface area contributed by atoms with Gasteiger partial charge in [0.1, 0.15) is 0 Å². The number of nitrogen functional groups attached to an aromatic ring is 1. The van der Waals surface area contributed by atoms with E-state index in [4.69, 9.17) is 40.5 Å². The van der Waals surface area contributed by atoms with Crippen LogP contribution in [0.1, 0.15) is 15.9 Å². The van der Waals surface area contributed by atoms with Gasteiger partial charge in [-0.2, -0.15) is 0 Å². The summed E-state index contributed by atoms with van der Waals surface area (Å²) in [5.74, 6) is -0.420. The minimum absolute atomic E-state index is 0.199. The van der Waals surface area contributed by atoms with E-state index in [1.54, 1.807) is 30.3 Å². The van der Waals surface area contributed by atoms with E-state index in [9.17, 15) is 4.79 Å². The average Bonchev–Trinajstić information content (AvgIpc) is 2.42. The molecule has 0 aromatic heterocycles. The lowest BCUT2D eigenvalue weighted by Crippen LogP contribution is -2.14. The molecule has 0 saturated carbocycles. The Morgan fingerprint density at radius 2 is 1.80 bits per heavy atom. The number of aryl methyl sites for hydroxylation is 1. The molecule has 20 heavy (non-hydrogen) atoms. The summed E-state index contributed by atoms with van der Waals surface area (Å²) in [7, 11) is 0. The maximum absolute atomic E-state index is 12.2. The van der Waals surface area contributed by atoms with E-state index >= 15 is 0 Å². The molecule has 0 radical (unpaired) electrons. The molecule has 0 bridgehead atoms. The minimum Gasteiger partial charge on any atom is -0.398 e. The van der Waals surface area contributed by atoms with Crippen LogP contribution in [0.3, 0.4) is 0 Å². The van der Waals surface area contributed by atoms with E-state index < -0.39 is 5.91 Å². The maximum atomic E-state index is 12.2. The van der Waals surface area contributed by atoms with Gasteiger partial charge >= 0.3 is 0 Å². The zero-order valence-corrected chi connectivity index (χ0v) is 12.8. The molecule has 0 aliphatic carbocycles. The standard InChI is InChI=1S/C14H11Cl3N2O/c1-7-5-6-9(15)13(11(7)16)19-14(20)8-3-2-4-10(18)12(8)17/h2-6H,18H2,1H3,(H,19,20). The quantitative estimate of drug-likeness (QED) is 0.778. The normalized spacial score (nSPS) is 10.4. The molecule has 0 atom stereocenters. The Morgan fingerprint density at radius 3 is 2.50 bits per heavy atom. The zero-order valence-electron chi connectivity index (χ0n) is 10.5. The van der Waals surface area contributed by atoms with E-state index in [-0.39, 0.29) is 10.6 Å². The summed E-state index contributed by atoms with van der Waals surface area (Å²) in [6, 6.07) is 8.28. The Labute approximate surface area is 131 Å². The topological polar surface area (TPSA) is 55.1 Å². The lowest BCUT2D eigenvalue weighted by atomic mass is 10.1. The number of nitrogens with two attached hydrogens (primary N) is 1. The van der Waals surface area contributed by atoms with Crippen molar-refractivity contribution >= 4 is 52.1 Å². The van der Waals surface area contributed by atoms with Crippen molar-refractivity contribution in [3.8, 4) is 0 Å². The summed E-state index contributed by atoms with van der Waals surface area (Å²) >= 11 is 18.2. The lowest BCUT2D eigenvalue weighted by molar-refractivity contribution is 0.102. The molecule has 0 saturated heterocycles. The number of hydrogen-bond acceptors (Lipinski definition) is 2. The first-order chi connectivity index (χ1) is 9.41. The monoisotopic (exact) mass is 328 g/mol. The second-order valence-corrected chi connectivity index (χ2v) is 5.38. The molecule has 2 rings (SSSR count). The van der Waals surface area contributed by atoms with Crippen LogP contribution in [-0.2, 0) is 0 Å². The van der Waals surface area contributed by atoms with Crippen LogP contribution in [0.5, 0.6) is 0 Å². The second-order valence-electron chi connectivity index (χ2n) is 4.22. The van der Waals surface area contributed by atoms with Gasteiger partial charge in [-0.3, -0.25) is 4.79 Å². The van der Waals surface area contributed by atoms with Crippen molar-refractivity contribution in [2.45, 2.75) is 6.92 Å². The largest absolute Gasteiger partial charge is 0.398 e. The first-order valence-corrected chi connectivity index (χ1v) is 6.85. The molecule has 0 fully saturated rings. The highest BCUT2D eigenvalue weighted by Gasteiger charge is 2.16. The van der Waals surface area contributed by atoms with Gasteiger partial charge < -0.3 is 11.1 Å². The van der Waals surface area contributed by atoms with Crippen LogP contribution in [-0.4, -0.2) is 5.91 Å². The molecule has 0 heterocycles. The van der Waals surface area contributed by atoms with Gasteiger partial charge in [0, 0.05) is 0 Å². The minimum atomic E-state index is -0.420. The van der Waals surface area contributed by atoms with Crippen molar-refractivity contribution in [3.63, 3.8) is 0 Å². The van der Waals surface area contributed by atoms with Gasteiger partial charge in [-0.15, -0.1) is 0 Å². The van der Waals surface area contributed by atoms with Crippen LogP contribution in [0, 0.1) is 6.92 Å². The van der Waals surface area contributed by atoms with E-state index in [2.05, 4.69) is 5.32 Å². The second kappa shape index (κ2) is 5.92. The smallest absolute Gasteiger partial charge is 0.257 e. The molecule has 1 amide bonds. The first-order valence-electron chi connectivity index (χ1n) is 5.71. The molecular formula is C14H11Cl3N2O. The molecule has 2 aromatic rings. The number of nitrogens with one attached hydrogen (secondary N) is 1. The highest BCUT2D eigenvalue weighted by molar-refractivity contribution is 6.41. The van der Waals surface area contributed by atoms with Crippen LogP contribution in [0.2, 0.25) is 15.1 Å². The van der Waals surface area contributed by atoms with Crippen molar-refractivity contribution in [3.05, 3.63) is 56.5 Å². The van der Waals surface area contributed by atoms with Gasteiger partial charge in [0.25, 0.3) is 5.91 Å². The Hall–Kier alpha value is -1.42. The number of carbonyl (C=O) groups is 1. The molecule has 104 valence electrons. The lowest BCUT2D eigenvalue weighted by Gasteiger charge is -2.12. The van der Waals surface area contributed by atoms with Crippen molar-refractivity contribution < 1.29 is 4.79 Å². The van der Waals surface area contributed by atoms with Gasteiger partial charge in [-0.05, 0) is 30.7 Å². The predicted octanol–water partition coefficient (Wildman–Crippen LogP) is 4.79.